The number of morpholine rings is 1. The summed E-state index contributed by atoms with van der Waals surface area (Å²) >= 11 is 3.40. The lowest BCUT2D eigenvalue weighted by molar-refractivity contribution is 0.0250. The van der Waals surface area contributed by atoms with Gasteiger partial charge < -0.3 is 15.8 Å². The number of rotatable bonds is 4. The first-order chi connectivity index (χ1) is 11.1. The molecule has 8 heteroatoms. The summed E-state index contributed by atoms with van der Waals surface area (Å²) in [5, 5.41) is 7.72. The van der Waals surface area contributed by atoms with Gasteiger partial charge in [0.05, 0.1) is 34.4 Å². The number of pyridine rings is 1. The van der Waals surface area contributed by atoms with Crippen molar-refractivity contribution in [3.05, 3.63) is 39.9 Å². The van der Waals surface area contributed by atoms with Crippen LogP contribution in [-0.2, 0) is 11.2 Å². The Balaban J connectivity index is 1.94. The van der Waals surface area contributed by atoms with Crippen molar-refractivity contribution in [2.75, 3.05) is 19.7 Å². The second-order valence-corrected chi connectivity index (χ2v) is 6.04. The van der Waals surface area contributed by atoms with Gasteiger partial charge in [-0.15, -0.1) is 0 Å². The minimum absolute atomic E-state index is 0.0519. The summed E-state index contributed by atoms with van der Waals surface area (Å²) in [6.07, 6.45) is 2.32. The Morgan fingerprint density at radius 3 is 2.96 bits per heavy atom. The molecule has 0 radical (unpaired) electrons. The van der Waals surface area contributed by atoms with Crippen LogP contribution in [0.15, 0.2) is 22.8 Å². The number of carbonyl (C=O) groups excluding carboxylic acids is 1. The number of nitrogens with two attached hydrogens (primary N) is 1. The highest BCUT2D eigenvalue weighted by Gasteiger charge is 2.21. The van der Waals surface area contributed by atoms with Crippen LogP contribution in [-0.4, -0.2) is 40.4 Å². The number of nitrogens with zero attached hydrogens (tertiary/aromatic N) is 3. The van der Waals surface area contributed by atoms with Crippen LogP contribution in [0.25, 0.3) is 5.69 Å². The van der Waals surface area contributed by atoms with Crippen LogP contribution in [0.3, 0.4) is 0 Å². The molecule has 23 heavy (non-hydrogen) atoms. The summed E-state index contributed by atoms with van der Waals surface area (Å²) in [6.45, 7) is 4.24. The average molecular weight is 380 g/mol. The fraction of sp³-hybridized carbons (Fsp3) is 0.400. The molecule has 2 aromatic rings. The zero-order valence-electron chi connectivity index (χ0n) is 12.8. The average Bonchev–Trinajstić information content (AvgIpc) is 2.92. The van der Waals surface area contributed by atoms with Gasteiger partial charge in [-0.05, 0) is 34.5 Å². The highest BCUT2D eigenvalue weighted by atomic mass is 79.9. The van der Waals surface area contributed by atoms with Crippen LogP contribution < -0.4 is 11.1 Å². The van der Waals surface area contributed by atoms with E-state index < -0.39 is 5.91 Å². The van der Waals surface area contributed by atoms with Crippen molar-refractivity contribution in [3.63, 3.8) is 0 Å². The summed E-state index contributed by atoms with van der Waals surface area (Å²) in [7, 11) is 0. The smallest absolute Gasteiger partial charge is 0.268 e. The van der Waals surface area contributed by atoms with Crippen LogP contribution in [0.1, 0.15) is 34.9 Å². The Hall–Kier alpha value is -1.77. The lowest BCUT2D eigenvalue weighted by Crippen LogP contribution is -2.33. The van der Waals surface area contributed by atoms with E-state index in [9.17, 15) is 4.79 Å². The molecule has 0 aromatic carbocycles. The monoisotopic (exact) mass is 379 g/mol. The number of nitrogens with one attached hydrogen (secondary N) is 1. The van der Waals surface area contributed by atoms with Crippen LogP contribution in [0.5, 0.6) is 0 Å². The minimum Gasteiger partial charge on any atom is -0.369 e. The first-order valence-corrected chi connectivity index (χ1v) is 8.27. The Kier molecular flexibility index (Phi) is 4.74. The van der Waals surface area contributed by atoms with Gasteiger partial charge in [0.1, 0.15) is 11.8 Å². The van der Waals surface area contributed by atoms with Crippen molar-refractivity contribution in [3.8, 4) is 5.69 Å². The largest absolute Gasteiger partial charge is 0.369 e. The molecule has 0 unspecified atom stereocenters. The van der Waals surface area contributed by atoms with Crippen molar-refractivity contribution in [2.24, 2.45) is 5.73 Å². The van der Waals surface area contributed by atoms with Gasteiger partial charge in [-0.1, -0.05) is 6.92 Å². The van der Waals surface area contributed by atoms with E-state index in [1.807, 2.05) is 19.1 Å². The summed E-state index contributed by atoms with van der Waals surface area (Å²) in [6, 6.07) is 3.75. The third kappa shape index (κ3) is 3.15. The number of halogens is 1. The lowest BCUT2D eigenvalue weighted by atomic mass is 10.2. The van der Waals surface area contributed by atoms with Gasteiger partial charge in [-0.2, -0.15) is 5.10 Å². The van der Waals surface area contributed by atoms with Crippen LogP contribution in [0.2, 0.25) is 0 Å². The second kappa shape index (κ2) is 6.77. The number of aromatic nitrogens is 3. The zero-order valence-corrected chi connectivity index (χ0v) is 14.3. The number of hydrogen-bond acceptors (Lipinski definition) is 5. The lowest BCUT2D eigenvalue weighted by Gasteiger charge is -2.23. The van der Waals surface area contributed by atoms with E-state index in [0.717, 1.165) is 24.5 Å². The van der Waals surface area contributed by atoms with Gasteiger partial charge in [0.25, 0.3) is 5.91 Å². The zero-order chi connectivity index (χ0) is 16.4. The third-order valence-electron chi connectivity index (χ3n) is 3.73. The molecule has 3 N–H and O–H groups in total. The van der Waals surface area contributed by atoms with E-state index in [1.54, 1.807) is 6.20 Å². The van der Waals surface area contributed by atoms with Crippen molar-refractivity contribution < 1.29 is 9.53 Å². The number of amides is 1. The van der Waals surface area contributed by atoms with Crippen LogP contribution in [0.4, 0.5) is 0 Å². The molecule has 3 rings (SSSR count). The molecule has 1 aliphatic rings. The number of ether oxygens (including phenoxy) is 1. The standard InChI is InChI=1S/C15H18BrN5O2/c1-2-10-13(16)14(15(17)22)21(20-10)9-3-4-11(19-7-9)12-8-18-5-6-23-12/h3-4,7,12,18H,2,5-6,8H2,1H3,(H2,17,22)/t12-/m0/s1. The first-order valence-electron chi connectivity index (χ1n) is 7.47. The SMILES string of the molecule is CCc1nn(-c2ccc([C@@H]3CNCCO3)nc2)c(C(N)=O)c1Br. The summed E-state index contributed by atoms with van der Waals surface area (Å²) in [4.78, 5) is 16.2. The number of hydrogen-bond donors (Lipinski definition) is 2. The van der Waals surface area contributed by atoms with Crippen LogP contribution >= 0.6 is 15.9 Å². The van der Waals surface area contributed by atoms with Gasteiger partial charge in [-0.25, -0.2) is 4.68 Å². The molecule has 7 nitrogen and oxygen atoms in total. The predicted molar refractivity (Wildman–Crippen MR) is 88.5 cm³/mol. The Bertz CT molecular complexity index is 707. The molecular formula is C15H18BrN5O2. The van der Waals surface area contributed by atoms with Gasteiger partial charge in [0.15, 0.2) is 0 Å². The van der Waals surface area contributed by atoms with Gasteiger partial charge in [-0.3, -0.25) is 9.78 Å². The highest BCUT2D eigenvalue weighted by Crippen LogP contribution is 2.25. The molecule has 1 fully saturated rings. The molecule has 3 heterocycles. The fourth-order valence-corrected chi connectivity index (χ4v) is 3.26. The molecule has 0 saturated carbocycles. The Labute approximate surface area is 142 Å². The third-order valence-corrected chi connectivity index (χ3v) is 4.57. The van der Waals surface area contributed by atoms with E-state index in [0.29, 0.717) is 28.9 Å². The minimum atomic E-state index is -0.534. The number of primary amides is 1. The van der Waals surface area contributed by atoms with E-state index >= 15 is 0 Å². The maximum atomic E-state index is 11.7. The van der Waals surface area contributed by atoms with Crippen LogP contribution in [0, 0.1) is 0 Å². The van der Waals surface area contributed by atoms with Crippen molar-refractivity contribution in [1.29, 1.82) is 0 Å². The molecule has 1 saturated heterocycles. The van der Waals surface area contributed by atoms with Gasteiger partial charge in [0.2, 0.25) is 0 Å². The Morgan fingerprint density at radius 2 is 2.39 bits per heavy atom. The van der Waals surface area contributed by atoms with Crippen molar-refractivity contribution in [1.82, 2.24) is 20.1 Å². The predicted octanol–water partition coefficient (Wildman–Crippen LogP) is 1.35. The second-order valence-electron chi connectivity index (χ2n) is 5.24. The molecule has 122 valence electrons. The molecular weight excluding hydrogens is 362 g/mol. The molecule has 0 spiro atoms. The number of aryl methyl sites for hydroxylation is 1. The molecule has 1 atom stereocenters. The van der Waals surface area contributed by atoms with E-state index in [-0.39, 0.29) is 6.10 Å². The molecule has 0 aliphatic carbocycles. The van der Waals surface area contributed by atoms with E-state index in [2.05, 4.69) is 31.3 Å². The fourth-order valence-electron chi connectivity index (χ4n) is 2.54. The normalized spacial score (nSPS) is 18.1. The molecule has 1 aliphatic heterocycles. The first kappa shape index (κ1) is 16.1. The molecule has 2 aromatic heterocycles. The molecule has 0 bridgehead atoms. The maximum absolute atomic E-state index is 11.7. The topological polar surface area (TPSA) is 95.1 Å². The van der Waals surface area contributed by atoms with Gasteiger partial charge >= 0.3 is 0 Å². The number of carbonyl (C=O) groups is 1. The summed E-state index contributed by atoms with van der Waals surface area (Å²) < 4.78 is 7.85. The van der Waals surface area contributed by atoms with E-state index in [4.69, 9.17) is 10.5 Å². The van der Waals surface area contributed by atoms with Crippen molar-refractivity contribution >= 4 is 21.8 Å². The highest BCUT2D eigenvalue weighted by molar-refractivity contribution is 9.10. The quantitative estimate of drug-likeness (QED) is 0.835. The summed E-state index contributed by atoms with van der Waals surface area (Å²) in [5.74, 6) is -0.534. The summed E-state index contributed by atoms with van der Waals surface area (Å²) in [5.41, 5.74) is 8.13. The Morgan fingerprint density at radius 1 is 1.57 bits per heavy atom. The van der Waals surface area contributed by atoms with E-state index in [1.165, 1.54) is 4.68 Å². The van der Waals surface area contributed by atoms with Gasteiger partial charge in [0, 0.05) is 13.1 Å². The maximum Gasteiger partial charge on any atom is 0.268 e. The van der Waals surface area contributed by atoms with Crippen molar-refractivity contribution in [2.45, 2.75) is 19.4 Å². The molecule has 1 amide bonds.